The van der Waals surface area contributed by atoms with Gasteiger partial charge >= 0.3 is 0 Å². The van der Waals surface area contributed by atoms with Gasteiger partial charge in [-0.05, 0) is 61.9 Å². The molecule has 0 unspecified atom stereocenters. The first-order valence-electron chi connectivity index (χ1n) is 8.38. The van der Waals surface area contributed by atoms with Crippen molar-refractivity contribution < 1.29 is 9.59 Å². The molecule has 26 heavy (non-hydrogen) atoms. The molecular weight excluding hydrogens is 324 g/mol. The van der Waals surface area contributed by atoms with Crippen LogP contribution in [0.3, 0.4) is 0 Å². The van der Waals surface area contributed by atoms with Crippen molar-refractivity contribution in [1.29, 1.82) is 0 Å². The van der Waals surface area contributed by atoms with Gasteiger partial charge < -0.3 is 10.6 Å². The molecule has 0 aliphatic heterocycles. The second-order valence-corrected chi connectivity index (χ2v) is 6.17. The summed E-state index contributed by atoms with van der Waals surface area (Å²) in [6.07, 6.45) is 0. The summed E-state index contributed by atoms with van der Waals surface area (Å²) in [5, 5.41) is 5.73. The van der Waals surface area contributed by atoms with Crippen LogP contribution in [-0.2, 0) is 0 Å². The van der Waals surface area contributed by atoms with Crippen molar-refractivity contribution in [2.75, 3.05) is 10.6 Å². The second kappa shape index (κ2) is 7.66. The molecule has 130 valence electrons. The fraction of sp³-hybridized carbons (Fsp3) is 0.0909. The highest BCUT2D eigenvalue weighted by Gasteiger charge is 2.09. The van der Waals surface area contributed by atoms with Crippen molar-refractivity contribution in [2.45, 2.75) is 13.8 Å². The summed E-state index contributed by atoms with van der Waals surface area (Å²) in [6.45, 7) is 3.89. The van der Waals surface area contributed by atoms with Crippen LogP contribution in [0.25, 0.3) is 0 Å². The molecule has 0 radical (unpaired) electrons. The third-order valence-electron chi connectivity index (χ3n) is 4.08. The zero-order chi connectivity index (χ0) is 18.5. The molecule has 0 aliphatic rings. The Morgan fingerprint density at radius 2 is 1.38 bits per heavy atom. The zero-order valence-corrected chi connectivity index (χ0v) is 14.7. The predicted molar refractivity (Wildman–Crippen MR) is 105 cm³/mol. The van der Waals surface area contributed by atoms with Gasteiger partial charge in [-0.2, -0.15) is 0 Å². The summed E-state index contributed by atoms with van der Waals surface area (Å²) in [5.41, 5.74) is 4.59. The molecular formula is C22H20N2O2. The van der Waals surface area contributed by atoms with Crippen molar-refractivity contribution >= 4 is 23.2 Å². The lowest BCUT2D eigenvalue weighted by Gasteiger charge is -2.09. The molecule has 0 heterocycles. The van der Waals surface area contributed by atoms with E-state index in [2.05, 4.69) is 10.6 Å². The summed E-state index contributed by atoms with van der Waals surface area (Å²) in [7, 11) is 0. The van der Waals surface area contributed by atoms with Gasteiger partial charge in [0.05, 0.1) is 0 Å². The van der Waals surface area contributed by atoms with Gasteiger partial charge in [0.15, 0.2) is 0 Å². The van der Waals surface area contributed by atoms with Crippen LogP contribution in [0.15, 0.2) is 72.8 Å². The van der Waals surface area contributed by atoms with Gasteiger partial charge in [0, 0.05) is 22.5 Å². The van der Waals surface area contributed by atoms with Gasteiger partial charge in [0.25, 0.3) is 11.8 Å². The Morgan fingerprint density at radius 1 is 0.692 bits per heavy atom. The first kappa shape index (κ1) is 17.4. The number of carbonyl (C=O) groups excluding carboxylic acids is 2. The van der Waals surface area contributed by atoms with E-state index < -0.39 is 0 Å². The lowest BCUT2D eigenvalue weighted by molar-refractivity contribution is 0.102. The number of nitrogens with one attached hydrogen (secondary N) is 2. The van der Waals surface area contributed by atoms with Crippen molar-refractivity contribution in [2.24, 2.45) is 0 Å². The highest BCUT2D eigenvalue weighted by molar-refractivity contribution is 6.06. The molecule has 2 N–H and O–H groups in total. The topological polar surface area (TPSA) is 58.2 Å². The number of para-hydroxylation sites is 1. The minimum Gasteiger partial charge on any atom is -0.322 e. The average Bonchev–Trinajstić information content (AvgIpc) is 2.64. The molecule has 4 heteroatoms. The molecule has 2 amide bonds. The minimum atomic E-state index is -0.184. The fourth-order valence-electron chi connectivity index (χ4n) is 2.60. The van der Waals surface area contributed by atoms with Gasteiger partial charge in [0.2, 0.25) is 0 Å². The Bertz CT molecular complexity index is 946. The van der Waals surface area contributed by atoms with Crippen LogP contribution in [-0.4, -0.2) is 11.8 Å². The van der Waals surface area contributed by atoms with E-state index in [9.17, 15) is 9.59 Å². The molecule has 0 aliphatic carbocycles. The molecule has 0 aromatic heterocycles. The van der Waals surface area contributed by atoms with Gasteiger partial charge in [0.1, 0.15) is 0 Å². The van der Waals surface area contributed by atoms with Crippen LogP contribution in [0, 0.1) is 13.8 Å². The first-order valence-corrected chi connectivity index (χ1v) is 8.38. The number of hydrogen-bond donors (Lipinski definition) is 2. The van der Waals surface area contributed by atoms with Crippen LogP contribution in [0.2, 0.25) is 0 Å². The molecule has 0 fully saturated rings. The zero-order valence-electron chi connectivity index (χ0n) is 14.7. The predicted octanol–water partition coefficient (Wildman–Crippen LogP) is 4.81. The maximum atomic E-state index is 12.4. The summed E-state index contributed by atoms with van der Waals surface area (Å²) < 4.78 is 0. The van der Waals surface area contributed by atoms with E-state index >= 15 is 0 Å². The Hall–Kier alpha value is -3.40. The number of anilines is 2. The highest BCUT2D eigenvalue weighted by atomic mass is 16.2. The average molecular weight is 344 g/mol. The molecule has 3 rings (SSSR count). The summed E-state index contributed by atoms with van der Waals surface area (Å²) in [4.78, 5) is 24.6. The van der Waals surface area contributed by atoms with Crippen molar-refractivity contribution in [1.82, 2.24) is 0 Å². The van der Waals surface area contributed by atoms with Crippen LogP contribution in [0.1, 0.15) is 31.8 Å². The number of benzene rings is 3. The summed E-state index contributed by atoms with van der Waals surface area (Å²) in [6, 6.07) is 21.8. The largest absolute Gasteiger partial charge is 0.322 e. The van der Waals surface area contributed by atoms with E-state index in [0.29, 0.717) is 16.8 Å². The number of rotatable bonds is 4. The Labute approximate surface area is 152 Å². The van der Waals surface area contributed by atoms with Crippen LogP contribution in [0.4, 0.5) is 11.4 Å². The van der Waals surface area contributed by atoms with Crippen LogP contribution >= 0.6 is 0 Å². The quantitative estimate of drug-likeness (QED) is 0.714. The Kier molecular flexibility index (Phi) is 5.13. The van der Waals surface area contributed by atoms with E-state index in [1.54, 1.807) is 30.3 Å². The molecule has 0 saturated carbocycles. The summed E-state index contributed by atoms with van der Waals surface area (Å²) >= 11 is 0. The summed E-state index contributed by atoms with van der Waals surface area (Å²) in [5.74, 6) is -0.360. The van der Waals surface area contributed by atoms with E-state index in [-0.39, 0.29) is 11.8 Å². The minimum absolute atomic E-state index is 0.175. The SMILES string of the molecule is Cc1cccc(C(=O)Nc2ccc(C(=O)Nc3ccccc3C)cc2)c1. The smallest absolute Gasteiger partial charge is 0.255 e. The molecule has 0 spiro atoms. The van der Waals surface area contributed by atoms with Crippen LogP contribution < -0.4 is 10.6 Å². The van der Waals surface area contributed by atoms with E-state index in [4.69, 9.17) is 0 Å². The normalized spacial score (nSPS) is 10.2. The van der Waals surface area contributed by atoms with Crippen molar-refractivity contribution in [3.8, 4) is 0 Å². The molecule has 3 aromatic rings. The third-order valence-corrected chi connectivity index (χ3v) is 4.08. The van der Waals surface area contributed by atoms with E-state index in [0.717, 1.165) is 16.8 Å². The second-order valence-electron chi connectivity index (χ2n) is 6.17. The third kappa shape index (κ3) is 4.16. The van der Waals surface area contributed by atoms with Crippen molar-refractivity contribution in [3.63, 3.8) is 0 Å². The van der Waals surface area contributed by atoms with E-state index in [1.165, 1.54) is 0 Å². The van der Waals surface area contributed by atoms with Crippen molar-refractivity contribution in [3.05, 3.63) is 95.1 Å². The number of amides is 2. The Morgan fingerprint density at radius 3 is 2.08 bits per heavy atom. The molecule has 0 atom stereocenters. The highest BCUT2D eigenvalue weighted by Crippen LogP contribution is 2.16. The lowest BCUT2D eigenvalue weighted by atomic mass is 10.1. The molecule has 3 aromatic carbocycles. The van der Waals surface area contributed by atoms with Gasteiger partial charge in [-0.15, -0.1) is 0 Å². The standard InChI is InChI=1S/C22H20N2O2/c1-15-6-5-8-18(14-15)22(26)23-19-12-10-17(11-13-19)21(25)24-20-9-4-3-7-16(20)2/h3-14H,1-2H3,(H,23,26)(H,24,25). The maximum Gasteiger partial charge on any atom is 0.255 e. The lowest BCUT2D eigenvalue weighted by Crippen LogP contribution is -2.14. The fourth-order valence-corrected chi connectivity index (χ4v) is 2.60. The van der Waals surface area contributed by atoms with Crippen LogP contribution in [0.5, 0.6) is 0 Å². The molecule has 0 saturated heterocycles. The maximum absolute atomic E-state index is 12.4. The van der Waals surface area contributed by atoms with Gasteiger partial charge in [-0.3, -0.25) is 9.59 Å². The van der Waals surface area contributed by atoms with E-state index in [1.807, 2.05) is 56.3 Å². The monoisotopic (exact) mass is 344 g/mol. The Balaban J connectivity index is 1.67. The van der Waals surface area contributed by atoms with Gasteiger partial charge in [-0.1, -0.05) is 35.9 Å². The molecule has 4 nitrogen and oxygen atoms in total. The number of aryl methyl sites for hydroxylation is 2. The first-order chi connectivity index (χ1) is 12.5. The van der Waals surface area contributed by atoms with Gasteiger partial charge in [-0.25, -0.2) is 0 Å². The molecule has 0 bridgehead atoms. The number of carbonyl (C=O) groups is 2. The number of hydrogen-bond acceptors (Lipinski definition) is 2.